The van der Waals surface area contributed by atoms with Crippen LogP contribution < -0.4 is 5.32 Å². The molecule has 0 aliphatic heterocycles. The summed E-state index contributed by atoms with van der Waals surface area (Å²) in [7, 11) is 0. The minimum Gasteiger partial charge on any atom is -0.369 e. The van der Waals surface area contributed by atoms with E-state index in [1.807, 2.05) is 6.07 Å². The standard InChI is InChI=1S/C14H18BrN5/c1-3-5-10-12(15)14(17-7-4-2)20-13(19-10)11-6-8-16-9-18-11/h6,8-9H,3-5,7H2,1-2H3,(H,17,19,20). The molecule has 0 aliphatic rings. The van der Waals surface area contributed by atoms with Gasteiger partial charge in [-0.1, -0.05) is 20.3 Å². The maximum Gasteiger partial charge on any atom is 0.180 e. The number of anilines is 1. The smallest absolute Gasteiger partial charge is 0.180 e. The van der Waals surface area contributed by atoms with Gasteiger partial charge in [-0.2, -0.15) is 0 Å². The van der Waals surface area contributed by atoms with Gasteiger partial charge in [0.2, 0.25) is 0 Å². The molecule has 6 heteroatoms. The molecule has 1 N–H and O–H groups in total. The largest absolute Gasteiger partial charge is 0.369 e. The molecule has 0 fully saturated rings. The number of nitrogens with zero attached hydrogens (tertiary/aromatic N) is 4. The molecule has 5 nitrogen and oxygen atoms in total. The summed E-state index contributed by atoms with van der Waals surface area (Å²) in [6.07, 6.45) is 6.20. The van der Waals surface area contributed by atoms with Gasteiger partial charge in [0.25, 0.3) is 0 Å². The van der Waals surface area contributed by atoms with Crippen LogP contribution in [0.5, 0.6) is 0 Å². The summed E-state index contributed by atoms with van der Waals surface area (Å²) in [5.74, 6) is 1.47. The van der Waals surface area contributed by atoms with Crippen LogP contribution in [-0.4, -0.2) is 26.5 Å². The summed E-state index contributed by atoms with van der Waals surface area (Å²) in [5, 5.41) is 3.33. The van der Waals surface area contributed by atoms with E-state index in [2.05, 4.69) is 55.0 Å². The second-order valence-corrected chi connectivity index (χ2v) is 5.22. The molecule has 0 radical (unpaired) electrons. The summed E-state index contributed by atoms with van der Waals surface area (Å²) in [5.41, 5.74) is 1.75. The van der Waals surface area contributed by atoms with Crippen molar-refractivity contribution in [2.75, 3.05) is 11.9 Å². The van der Waals surface area contributed by atoms with Crippen molar-refractivity contribution < 1.29 is 0 Å². The fourth-order valence-electron chi connectivity index (χ4n) is 1.79. The Hall–Kier alpha value is -1.56. The van der Waals surface area contributed by atoms with Crippen LogP contribution in [0.2, 0.25) is 0 Å². The number of hydrogen-bond donors (Lipinski definition) is 1. The van der Waals surface area contributed by atoms with Crippen LogP contribution in [0.25, 0.3) is 11.5 Å². The molecule has 0 saturated carbocycles. The van der Waals surface area contributed by atoms with Crippen molar-refractivity contribution in [2.45, 2.75) is 33.1 Å². The zero-order valence-electron chi connectivity index (χ0n) is 11.7. The van der Waals surface area contributed by atoms with Crippen LogP contribution in [-0.2, 0) is 6.42 Å². The van der Waals surface area contributed by atoms with Crippen molar-refractivity contribution in [3.63, 3.8) is 0 Å². The van der Waals surface area contributed by atoms with Gasteiger partial charge in [0.05, 0.1) is 10.2 Å². The predicted octanol–water partition coefficient (Wildman–Crippen LogP) is 3.47. The van der Waals surface area contributed by atoms with Gasteiger partial charge in [0.15, 0.2) is 5.82 Å². The van der Waals surface area contributed by atoms with Crippen LogP contribution in [0.15, 0.2) is 23.1 Å². The summed E-state index contributed by atoms with van der Waals surface area (Å²) in [6, 6.07) is 1.82. The third-order valence-electron chi connectivity index (χ3n) is 2.76. The van der Waals surface area contributed by atoms with Gasteiger partial charge < -0.3 is 5.32 Å². The molecule has 0 aromatic carbocycles. The fourth-order valence-corrected chi connectivity index (χ4v) is 2.31. The highest BCUT2D eigenvalue weighted by molar-refractivity contribution is 9.10. The average Bonchev–Trinajstić information content (AvgIpc) is 2.49. The molecule has 106 valence electrons. The van der Waals surface area contributed by atoms with E-state index < -0.39 is 0 Å². The van der Waals surface area contributed by atoms with Crippen LogP contribution in [0, 0.1) is 0 Å². The average molecular weight is 336 g/mol. The SMILES string of the molecule is CCCNc1nc(-c2ccncn2)nc(CCC)c1Br. The first-order valence-electron chi connectivity index (χ1n) is 6.82. The topological polar surface area (TPSA) is 63.6 Å². The van der Waals surface area contributed by atoms with Crippen molar-refractivity contribution in [1.82, 2.24) is 19.9 Å². The molecular formula is C14H18BrN5. The first-order chi connectivity index (χ1) is 9.76. The second-order valence-electron chi connectivity index (χ2n) is 4.43. The van der Waals surface area contributed by atoms with E-state index in [9.17, 15) is 0 Å². The molecule has 2 aromatic rings. The van der Waals surface area contributed by atoms with Gasteiger partial charge in [0, 0.05) is 12.7 Å². The third kappa shape index (κ3) is 3.50. The van der Waals surface area contributed by atoms with Gasteiger partial charge in [-0.15, -0.1) is 0 Å². The minimum absolute atomic E-state index is 0.637. The van der Waals surface area contributed by atoms with Crippen molar-refractivity contribution in [3.05, 3.63) is 28.8 Å². The molecule has 0 unspecified atom stereocenters. The first kappa shape index (κ1) is 14.8. The summed E-state index contributed by atoms with van der Waals surface area (Å²) >= 11 is 3.60. The van der Waals surface area contributed by atoms with E-state index in [0.29, 0.717) is 5.82 Å². The Bertz CT molecular complexity index is 559. The van der Waals surface area contributed by atoms with E-state index >= 15 is 0 Å². The Balaban J connectivity index is 2.44. The van der Waals surface area contributed by atoms with Crippen LogP contribution in [0.1, 0.15) is 32.4 Å². The van der Waals surface area contributed by atoms with Gasteiger partial charge in [-0.3, -0.25) is 0 Å². The van der Waals surface area contributed by atoms with Crippen LogP contribution in [0.3, 0.4) is 0 Å². The first-order valence-corrected chi connectivity index (χ1v) is 7.62. The highest BCUT2D eigenvalue weighted by atomic mass is 79.9. The van der Waals surface area contributed by atoms with Gasteiger partial charge in [-0.05, 0) is 34.8 Å². The third-order valence-corrected chi connectivity index (χ3v) is 3.59. The molecule has 0 spiro atoms. The lowest BCUT2D eigenvalue weighted by Gasteiger charge is -2.12. The van der Waals surface area contributed by atoms with E-state index in [-0.39, 0.29) is 0 Å². The molecule has 2 rings (SSSR count). The lowest BCUT2D eigenvalue weighted by atomic mass is 10.2. The Morgan fingerprint density at radius 1 is 1.20 bits per heavy atom. The minimum atomic E-state index is 0.637. The Morgan fingerprint density at radius 2 is 2.05 bits per heavy atom. The maximum absolute atomic E-state index is 4.61. The Morgan fingerprint density at radius 3 is 2.70 bits per heavy atom. The van der Waals surface area contributed by atoms with Gasteiger partial charge >= 0.3 is 0 Å². The lowest BCUT2D eigenvalue weighted by molar-refractivity contribution is 0.863. The van der Waals surface area contributed by atoms with Gasteiger partial charge in [0.1, 0.15) is 17.8 Å². The number of halogens is 1. The molecule has 2 aromatic heterocycles. The molecule has 0 aliphatic carbocycles. The second kappa shape index (κ2) is 7.28. The summed E-state index contributed by atoms with van der Waals surface area (Å²) in [6.45, 7) is 5.14. The van der Waals surface area contributed by atoms with Crippen molar-refractivity contribution in [3.8, 4) is 11.5 Å². The van der Waals surface area contributed by atoms with Gasteiger partial charge in [-0.25, -0.2) is 19.9 Å². The zero-order valence-corrected chi connectivity index (χ0v) is 13.3. The molecule has 0 amide bonds. The molecular weight excluding hydrogens is 318 g/mol. The Labute approximate surface area is 127 Å². The fraction of sp³-hybridized carbons (Fsp3) is 0.429. The number of nitrogens with one attached hydrogen (secondary N) is 1. The van der Waals surface area contributed by atoms with Crippen LogP contribution in [0.4, 0.5) is 5.82 Å². The van der Waals surface area contributed by atoms with Crippen molar-refractivity contribution in [2.24, 2.45) is 0 Å². The Kier molecular flexibility index (Phi) is 5.40. The summed E-state index contributed by atoms with van der Waals surface area (Å²) < 4.78 is 0.950. The van der Waals surface area contributed by atoms with Crippen LogP contribution >= 0.6 is 15.9 Å². The number of aryl methyl sites for hydroxylation is 1. The molecule has 0 saturated heterocycles. The molecule has 20 heavy (non-hydrogen) atoms. The van der Waals surface area contributed by atoms with E-state index in [1.54, 1.807) is 6.20 Å². The van der Waals surface area contributed by atoms with E-state index in [4.69, 9.17) is 0 Å². The number of hydrogen-bond acceptors (Lipinski definition) is 5. The van der Waals surface area contributed by atoms with E-state index in [0.717, 1.165) is 47.5 Å². The normalized spacial score (nSPS) is 10.6. The number of aromatic nitrogens is 4. The molecule has 0 atom stereocenters. The highest BCUT2D eigenvalue weighted by Gasteiger charge is 2.13. The lowest BCUT2D eigenvalue weighted by Crippen LogP contribution is -2.08. The van der Waals surface area contributed by atoms with E-state index in [1.165, 1.54) is 6.33 Å². The molecule has 2 heterocycles. The molecule has 0 bridgehead atoms. The maximum atomic E-state index is 4.61. The van der Waals surface area contributed by atoms with Crippen molar-refractivity contribution in [1.29, 1.82) is 0 Å². The zero-order chi connectivity index (χ0) is 14.4. The monoisotopic (exact) mass is 335 g/mol. The quantitative estimate of drug-likeness (QED) is 0.875. The highest BCUT2D eigenvalue weighted by Crippen LogP contribution is 2.27. The van der Waals surface area contributed by atoms with Crippen molar-refractivity contribution >= 4 is 21.7 Å². The predicted molar refractivity (Wildman–Crippen MR) is 83.5 cm³/mol. The summed E-state index contributed by atoms with van der Waals surface area (Å²) in [4.78, 5) is 17.3. The number of rotatable bonds is 6.